The van der Waals surface area contributed by atoms with Crippen LogP contribution in [0.5, 0.6) is 5.75 Å². The highest BCUT2D eigenvalue weighted by Crippen LogP contribution is 2.32. The summed E-state index contributed by atoms with van der Waals surface area (Å²) in [5, 5.41) is 3.02. The molecule has 1 heterocycles. The number of hydrogen-bond donors (Lipinski definition) is 1. The molecule has 1 atom stereocenters. The van der Waals surface area contributed by atoms with Crippen molar-refractivity contribution in [3.8, 4) is 5.75 Å². The van der Waals surface area contributed by atoms with E-state index in [-0.39, 0.29) is 17.8 Å². The van der Waals surface area contributed by atoms with Crippen LogP contribution in [0.4, 0.5) is 4.39 Å². The maximum absolute atomic E-state index is 13.1. The number of halogens is 1. The van der Waals surface area contributed by atoms with Crippen molar-refractivity contribution in [3.05, 3.63) is 65.5 Å². The number of methoxy groups -OCH3 is 1. The molecule has 1 aliphatic rings. The second-order valence-electron chi connectivity index (χ2n) is 7.19. The molecule has 1 unspecified atom stereocenters. The molecule has 2 aromatic rings. The number of carbonyl (C=O) groups excluding carboxylic acids is 1. The molecule has 2 aromatic carbocycles. The molecule has 1 saturated heterocycles. The van der Waals surface area contributed by atoms with E-state index in [1.165, 1.54) is 24.3 Å². The average molecular weight is 370 g/mol. The SMILES string of the molecule is COc1ccccc1C(CNC(=O)c1ccc(F)cc1)N1CCC(C)CC1. The number of rotatable bonds is 6. The second-order valence-corrected chi connectivity index (χ2v) is 7.19. The third-order valence-corrected chi connectivity index (χ3v) is 5.32. The highest BCUT2D eigenvalue weighted by molar-refractivity contribution is 5.94. The van der Waals surface area contributed by atoms with E-state index in [9.17, 15) is 9.18 Å². The Labute approximate surface area is 160 Å². The van der Waals surface area contributed by atoms with Crippen LogP contribution in [-0.2, 0) is 0 Å². The van der Waals surface area contributed by atoms with Crippen molar-refractivity contribution in [1.82, 2.24) is 10.2 Å². The minimum atomic E-state index is -0.346. The van der Waals surface area contributed by atoms with Crippen LogP contribution in [0.2, 0.25) is 0 Å². The molecule has 0 saturated carbocycles. The number of amides is 1. The fourth-order valence-electron chi connectivity index (χ4n) is 3.61. The highest BCUT2D eigenvalue weighted by atomic mass is 19.1. The first-order valence-corrected chi connectivity index (χ1v) is 9.49. The van der Waals surface area contributed by atoms with Gasteiger partial charge in [0, 0.05) is 17.7 Å². The summed E-state index contributed by atoms with van der Waals surface area (Å²) in [6, 6.07) is 13.6. The lowest BCUT2D eigenvalue weighted by Crippen LogP contribution is -2.42. The van der Waals surface area contributed by atoms with Gasteiger partial charge in [-0.05, 0) is 62.2 Å². The number of hydrogen-bond acceptors (Lipinski definition) is 3. The maximum atomic E-state index is 13.1. The molecular formula is C22H27FN2O2. The number of nitrogens with zero attached hydrogens (tertiary/aromatic N) is 1. The van der Waals surface area contributed by atoms with Gasteiger partial charge in [0.1, 0.15) is 11.6 Å². The Morgan fingerprint density at radius 2 is 1.85 bits per heavy atom. The Morgan fingerprint density at radius 1 is 1.19 bits per heavy atom. The van der Waals surface area contributed by atoms with Gasteiger partial charge in [0.05, 0.1) is 13.2 Å². The Balaban J connectivity index is 1.77. The number of benzene rings is 2. The lowest BCUT2D eigenvalue weighted by atomic mass is 9.95. The molecule has 1 aliphatic heterocycles. The summed E-state index contributed by atoms with van der Waals surface area (Å²) < 4.78 is 18.7. The summed E-state index contributed by atoms with van der Waals surface area (Å²) in [5.74, 6) is 1.02. The Kier molecular flexibility index (Phi) is 6.45. The van der Waals surface area contributed by atoms with Crippen molar-refractivity contribution < 1.29 is 13.9 Å². The van der Waals surface area contributed by atoms with E-state index < -0.39 is 0 Å². The molecule has 1 fully saturated rings. The van der Waals surface area contributed by atoms with E-state index in [2.05, 4.69) is 23.2 Å². The zero-order chi connectivity index (χ0) is 19.2. The number of ether oxygens (including phenoxy) is 1. The van der Waals surface area contributed by atoms with Crippen LogP contribution < -0.4 is 10.1 Å². The number of para-hydroxylation sites is 1. The first-order valence-electron chi connectivity index (χ1n) is 9.49. The van der Waals surface area contributed by atoms with Crippen LogP contribution in [0.1, 0.15) is 41.7 Å². The summed E-state index contributed by atoms with van der Waals surface area (Å²) in [6.45, 7) is 4.75. The van der Waals surface area contributed by atoms with Crippen LogP contribution >= 0.6 is 0 Å². The van der Waals surface area contributed by atoms with E-state index in [1.54, 1.807) is 7.11 Å². The lowest BCUT2D eigenvalue weighted by molar-refractivity contribution is 0.0911. The third-order valence-electron chi connectivity index (χ3n) is 5.32. The van der Waals surface area contributed by atoms with Crippen molar-refractivity contribution in [2.24, 2.45) is 5.92 Å². The number of carbonyl (C=O) groups is 1. The predicted octanol–water partition coefficient (Wildman–Crippen LogP) is 4.04. The molecule has 0 spiro atoms. The Bertz CT molecular complexity index is 755. The van der Waals surface area contributed by atoms with Crippen molar-refractivity contribution in [2.75, 3.05) is 26.7 Å². The summed E-state index contributed by atoms with van der Waals surface area (Å²) >= 11 is 0. The molecule has 1 N–H and O–H groups in total. The fourth-order valence-corrected chi connectivity index (χ4v) is 3.61. The van der Waals surface area contributed by atoms with Gasteiger partial charge in [-0.1, -0.05) is 25.1 Å². The molecule has 5 heteroatoms. The number of piperidine rings is 1. The van der Waals surface area contributed by atoms with Gasteiger partial charge in [-0.2, -0.15) is 0 Å². The normalized spacial score (nSPS) is 16.7. The zero-order valence-electron chi connectivity index (χ0n) is 16.0. The molecule has 0 aliphatic carbocycles. The minimum Gasteiger partial charge on any atom is -0.496 e. The molecule has 1 amide bonds. The standard InChI is InChI=1S/C22H27FN2O2/c1-16-11-13-25(14-12-16)20(19-5-3-4-6-21(19)27-2)15-24-22(26)17-7-9-18(23)10-8-17/h3-10,16,20H,11-15H2,1-2H3,(H,24,26). The van der Waals surface area contributed by atoms with Crippen molar-refractivity contribution >= 4 is 5.91 Å². The van der Waals surface area contributed by atoms with Crippen molar-refractivity contribution in [1.29, 1.82) is 0 Å². The van der Waals surface area contributed by atoms with Crippen LogP contribution in [0.15, 0.2) is 48.5 Å². The Morgan fingerprint density at radius 3 is 2.52 bits per heavy atom. The largest absolute Gasteiger partial charge is 0.496 e. The molecule has 3 rings (SSSR count). The van der Waals surface area contributed by atoms with Crippen LogP contribution in [-0.4, -0.2) is 37.6 Å². The summed E-state index contributed by atoms with van der Waals surface area (Å²) in [6.07, 6.45) is 2.30. The van der Waals surface area contributed by atoms with Crippen LogP contribution in [0.25, 0.3) is 0 Å². The Hall–Kier alpha value is -2.40. The monoisotopic (exact) mass is 370 g/mol. The van der Waals surface area contributed by atoms with Gasteiger partial charge >= 0.3 is 0 Å². The second kappa shape index (κ2) is 9.00. The first kappa shape index (κ1) is 19.4. The van der Waals surface area contributed by atoms with E-state index in [1.807, 2.05) is 18.2 Å². The van der Waals surface area contributed by atoms with Crippen LogP contribution in [0, 0.1) is 11.7 Å². The highest BCUT2D eigenvalue weighted by Gasteiger charge is 2.27. The van der Waals surface area contributed by atoms with Gasteiger partial charge in [-0.25, -0.2) is 4.39 Å². The van der Waals surface area contributed by atoms with Gasteiger partial charge < -0.3 is 10.1 Å². The van der Waals surface area contributed by atoms with E-state index in [0.29, 0.717) is 12.1 Å². The molecular weight excluding hydrogens is 343 g/mol. The molecule has 0 bridgehead atoms. The van der Waals surface area contributed by atoms with E-state index >= 15 is 0 Å². The summed E-state index contributed by atoms with van der Waals surface area (Å²) in [4.78, 5) is 14.9. The molecule has 4 nitrogen and oxygen atoms in total. The fraction of sp³-hybridized carbons (Fsp3) is 0.409. The van der Waals surface area contributed by atoms with E-state index in [4.69, 9.17) is 4.74 Å². The van der Waals surface area contributed by atoms with Gasteiger partial charge in [0.2, 0.25) is 0 Å². The van der Waals surface area contributed by atoms with Gasteiger partial charge in [-0.3, -0.25) is 9.69 Å². The number of likely N-dealkylation sites (tertiary alicyclic amines) is 1. The van der Waals surface area contributed by atoms with Crippen LogP contribution in [0.3, 0.4) is 0 Å². The van der Waals surface area contributed by atoms with E-state index in [0.717, 1.165) is 43.2 Å². The molecule has 27 heavy (non-hydrogen) atoms. The zero-order valence-corrected chi connectivity index (χ0v) is 16.0. The molecule has 0 radical (unpaired) electrons. The first-order chi connectivity index (χ1) is 13.1. The third kappa shape index (κ3) is 4.86. The molecule has 144 valence electrons. The van der Waals surface area contributed by atoms with Gasteiger partial charge in [0.15, 0.2) is 0 Å². The average Bonchev–Trinajstić information content (AvgIpc) is 2.70. The minimum absolute atomic E-state index is 0.0399. The van der Waals surface area contributed by atoms with Crippen molar-refractivity contribution in [3.63, 3.8) is 0 Å². The van der Waals surface area contributed by atoms with Crippen molar-refractivity contribution in [2.45, 2.75) is 25.8 Å². The van der Waals surface area contributed by atoms with Gasteiger partial charge in [-0.15, -0.1) is 0 Å². The predicted molar refractivity (Wildman–Crippen MR) is 104 cm³/mol. The quantitative estimate of drug-likeness (QED) is 0.834. The smallest absolute Gasteiger partial charge is 0.251 e. The topological polar surface area (TPSA) is 41.6 Å². The molecule has 0 aromatic heterocycles. The summed E-state index contributed by atoms with van der Waals surface area (Å²) in [7, 11) is 1.67. The lowest BCUT2D eigenvalue weighted by Gasteiger charge is -2.37. The summed E-state index contributed by atoms with van der Waals surface area (Å²) in [5.41, 5.74) is 1.54. The maximum Gasteiger partial charge on any atom is 0.251 e. The number of nitrogens with one attached hydrogen (secondary N) is 1. The van der Waals surface area contributed by atoms with Gasteiger partial charge in [0.25, 0.3) is 5.91 Å².